The molecule has 0 radical (unpaired) electrons. The molecule has 0 N–H and O–H groups in total. The number of allylic oxidation sites excluding steroid dienone is 11. The fourth-order valence-corrected chi connectivity index (χ4v) is 2.47. The Bertz CT molecular complexity index is 565. The molecular weight excluding hydrogens is 372 g/mol. The molecule has 0 saturated carbocycles. The highest BCUT2D eigenvalue weighted by molar-refractivity contribution is 5.74. The van der Waals surface area contributed by atoms with Gasteiger partial charge in [0, 0.05) is 13.0 Å². The summed E-state index contributed by atoms with van der Waals surface area (Å²) in [7, 11) is 0. The van der Waals surface area contributed by atoms with Crippen LogP contribution in [0.1, 0.15) is 72.1 Å². The summed E-state index contributed by atoms with van der Waals surface area (Å²) in [5, 5.41) is 0. The summed E-state index contributed by atoms with van der Waals surface area (Å²) in [6.45, 7) is 6.95. The van der Waals surface area contributed by atoms with E-state index in [0.717, 1.165) is 44.9 Å². The van der Waals surface area contributed by atoms with Crippen molar-refractivity contribution in [1.82, 2.24) is 0 Å². The Labute approximate surface area is 184 Å². The molecule has 0 bridgehead atoms. The minimum Gasteiger partial charge on any atom is -0.464 e. The van der Waals surface area contributed by atoms with Crippen molar-refractivity contribution in [1.29, 1.82) is 0 Å². The summed E-state index contributed by atoms with van der Waals surface area (Å²) in [6, 6.07) is 0. The van der Waals surface area contributed by atoms with Crippen molar-refractivity contribution < 1.29 is 14.3 Å². The van der Waals surface area contributed by atoms with E-state index < -0.39 is 6.10 Å². The van der Waals surface area contributed by atoms with E-state index in [9.17, 15) is 4.79 Å². The standard InChI is InChI=1S/C27H42O3/c1-4-7-8-9-10-11-12-13-14-15-16-17-18-19-20-21-22-23-24-26(30-25-5-2)27(28)29-6-3/h7-8,10-11,13-14,16-17,19-20,22-23,26H,4-6,9,12,15,18,21,24-25H2,1-3H3. The average molecular weight is 415 g/mol. The summed E-state index contributed by atoms with van der Waals surface area (Å²) < 4.78 is 10.6. The SMILES string of the molecule is CCC=CCC=CCC=CCC=CCC=CCC=CCC(OCCC)C(=O)OCC. The predicted octanol–water partition coefficient (Wildman–Crippen LogP) is 7.43. The van der Waals surface area contributed by atoms with Crippen LogP contribution in [0.15, 0.2) is 72.9 Å². The molecule has 0 rings (SSSR count). The average Bonchev–Trinajstić information content (AvgIpc) is 2.75. The van der Waals surface area contributed by atoms with E-state index in [2.05, 4.69) is 73.8 Å². The van der Waals surface area contributed by atoms with Crippen LogP contribution < -0.4 is 0 Å². The highest BCUT2D eigenvalue weighted by Gasteiger charge is 2.18. The van der Waals surface area contributed by atoms with Crippen LogP contribution in [-0.2, 0) is 14.3 Å². The van der Waals surface area contributed by atoms with Crippen LogP contribution >= 0.6 is 0 Å². The first-order chi connectivity index (χ1) is 14.8. The Morgan fingerprint density at radius 1 is 0.667 bits per heavy atom. The molecule has 0 aromatic rings. The first kappa shape index (κ1) is 27.9. The third-order valence-electron chi connectivity index (χ3n) is 4.02. The quantitative estimate of drug-likeness (QED) is 0.173. The van der Waals surface area contributed by atoms with Gasteiger partial charge in [-0.15, -0.1) is 0 Å². The van der Waals surface area contributed by atoms with Crippen LogP contribution in [0.4, 0.5) is 0 Å². The molecule has 168 valence electrons. The first-order valence-corrected chi connectivity index (χ1v) is 11.4. The summed E-state index contributed by atoms with van der Waals surface area (Å²) in [5.74, 6) is -0.273. The lowest BCUT2D eigenvalue weighted by molar-refractivity contribution is -0.156. The molecular formula is C27H42O3. The molecule has 1 atom stereocenters. The maximum atomic E-state index is 11.8. The van der Waals surface area contributed by atoms with Gasteiger partial charge in [-0.3, -0.25) is 0 Å². The molecule has 0 aliphatic heterocycles. The second kappa shape index (κ2) is 23.2. The van der Waals surface area contributed by atoms with E-state index in [4.69, 9.17) is 9.47 Å². The van der Waals surface area contributed by atoms with Gasteiger partial charge in [0.25, 0.3) is 0 Å². The molecule has 0 spiro atoms. The van der Waals surface area contributed by atoms with Gasteiger partial charge >= 0.3 is 5.97 Å². The maximum absolute atomic E-state index is 11.8. The van der Waals surface area contributed by atoms with Crippen LogP contribution in [0.2, 0.25) is 0 Å². The van der Waals surface area contributed by atoms with Crippen molar-refractivity contribution in [3.05, 3.63) is 72.9 Å². The molecule has 0 saturated heterocycles. The number of esters is 1. The molecule has 0 heterocycles. The van der Waals surface area contributed by atoms with E-state index in [-0.39, 0.29) is 5.97 Å². The Morgan fingerprint density at radius 3 is 1.50 bits per heavy atom. The van der Waals surface area contributed by atoms with Crippen molar-refractivity contribution in [2.24, 2.45) is 0 Å². The third kappa shape index (κ3) is 19.2. The maximum Gasteiger partial charge on any atom is 0.335 e. The van der Waals surface area contributed by atoms with Crippen molar-refractivity contribution in [3.8, 4) is 0 Å². The number of hydrogen-bond donors (Lipinski definition) is 0. The van der Waals surface area contributed by atoms with Crippen LogP contribution in [0, 0.1) is 0 Å². The second-order valence-electron chi connectivity index (χ2n) is 6.76. The van der Waals surface area contributed by atoms with Gasteiger partial charge in [-0.2, -0.15) is 0 Å². The highest BCUT2D eigenvalue weighted by atomic mass is 16.6. The monoisotopic (exact) mass is 414 g/mol. The van der Waals surface area contributed by atoms with Crippen molar-refractivity contribution in [2.45, 2.75) is 78.2 Å². The lowest BCUT2D eigenvalue weighted by Crippen LogP contribution is -2.26. The number of ether oxygens (including phenoxy) is 2. The van der Waals surface area contributed by atoms with Crippen LogP contribution in [0.5, 0.6) is 0 Å². The molecule has 0 aromatic heterocycles. The Balaban J connectivity index is 3.86. The number of carbonyl (C=O) groups excluding carboxylic acids is 1. The minimum atomic E-state index is -0.491. The second-order valence-corrected chi connectivity index (χ2v) is 6.76. The number of hydrogen-bond acceptors (Lipinski definition) is 3. The molecule has 30 heavy (non-hydrogen) atoms. The zero-order valence-corrected chi connectivity index (χ0v) is 19.3. The Morgan fingerprint density at radius 2 is 1.10 bits per heavy atom. The first-order valence-electron chi connectivity index (χ1n) is 11.4. The fraction of sp³-hybridized carbons (Fsp3) is 0.519. The van der Waals surface area contributed by atoms with E-state index in [1.54, 1.807) is 0 Å². The molecule has 3 heteroatoms. The van der Waals surface area contributed by atoms with E-state index in [1.807, 2.05) is 19.9 Å². The van der Waals surface area contributed by atoms with Gasteiger partial charge in [0.05, 0.1) is 6.61 Å². The van der Waals surface area contributed by atoms with Gasteiger partial charge in [0.15, 0.2) is 6.10 Å². The Kier molecular flexibility index (Phi) is 21.5. The third-order valence-corrected chi connectivity index (χ3v) is 4.02. The largest absolute Gasteiger partial charge is 0.464 e. The molecule has 0 aliphatic carbocycles. The highest BCUT2D eigenvalue weighted by Crippen LogP contribution is 2.05. The smallest absolute Gasteiger partial charge is 0.335 e. The Hall–Kier alpha value is -2.13. The lowest BCUT2D eigenvalue weighted by atomic mass is 10.2. The topological polar surface area (TPSA) is 35.5 Å². The zero-order chi connectivity index (χ0) is 22.1. The minimum absolute atomic E-state index is 0.273. The number of carbonyl (C=O) groups is 1. The van der Waals surface area contributed by atoms with Crippen molar-refractivity contribution in [3.63, 3.8) is 0 Å². The van der Waals surface area contributed by atoms with Gasteiger partial charge in [-0.1, -0.05) is 86.8 Å². The van der Waals surface area contributed by atoms with Gasteiger partial charge in [-0.05, 0) is 51.9 Å². The van der Waals surface area contributed by atoms with Crippen LogP contribution in [0.25, 0.3) is 0 Å². The zero-order valence-electron chi connectivity index (χ0n) is 19.3. The molecule has 0 aromatic carbocycles. The van der Waals surface area contributed by atoms with Gasteiger partial charge in [0.1, 0.15) is 0 Å². The summed E-state index contributed by atoms with van der Waals surface area (Å²) in [6.07, 6.45) is 32.8. The summed E-state index contributed by atoms with van der Waals surface area (Å²) >= 11 is 0. The molecule has 0 amide bonds. The van der Waals surface area contributed by atoms with Crippen molar-refractivity contribution in [2.75, 3.05) is 13.2 Å². The molecule has 0 aliphatic rings. The molecule has 0 fully saturated rings. The molecule has 1 unspecified atom stereocenters. The normalized spacial score (nSPS) is 13.8. The van der Waals surface area contributed by atoms with E-state index >= 15 is 0 Å². The lowest BCUT2D eigenvalue weighted by Gasteiger charge is -2.14. The summed E-state index contributed by atoms with van der Waals surface area (Å²) in [4.78, 5) is 11.8. The van der Waals surface area contributed by atoms with E-state index in [0.29, 0.717) is 19.6 Å². The van der Waals surface area contributed by atoms with Crippen LogP contribution in [-0.4, -0.2) is 25.3 Å². The molecule has 3 nitrogen and oxygen atoms in total. The van der Waals surface area contributed by atoms with Gasteiger partial charge in [0.2, 0.25) is 0 Å². The predicted molar refractivity (Wildman–Crippen MR) is 129 cm³/mol. The van der Waals surface area contributed by atoms with Crippen molar-refractivity contribution >= 4 is 5.97 Å². The fourth-order valence-electron chi connectivity index (χ4n) is 2.47. The summed E-state index contributed by atoms with van der Waals surface area (Å²) in [5.41, 5.74) is 0. The van der Waals surface area contributed by atoms with E-state index in [1.165, 1.54) is 0 Å². The van der Waals surface area contributed by atoms with Gasteiger partial charge < -0.3 is 9.47 Å². The van der Waals surface area contributed by atoms with Crippen LogP contribution in [0.3, 0.4) is 0 Å². The van der Waals surface area contributed by atoms with Gasteiger partial charge in [-0.25, -0.2) is 4.79 Å². The number of rotatable bonds is 18.